The molecule has 0 unspecified atom stereocenters. The normalized spacial score (nSPS) is 16.7. The van der Waals surface area contributed by atoms with E-state index < -0.39 is 11.2 Å². The number of benzene rings is 4. The lowest BCUT2D eigenvalue weighted by atomic mass is 9.83. The van der Waals surface area contributed by atoms with Gasteiger partial charge in [0.25, 0.3) is 0 Å². The van der Waals surface area contributed by atoms with Crippen LogP contribution in [0.15, 0.2) is 91.0 Å². The van der Waals surface area contributed by atoms with Crippen LogP contribution in [-0.2, 0) is 43.1 Å². The van der Waals surface area contributed by atoms with Crippen LogP contribution in [0.2, 0.25) is 0 Å². The average Bonchev–Trinajstić information content (AvgIpc) is 3.14. The number of rotatable bonds is 11. The quantitative estimate of drug-likeness (QED) is 0.171. The van der Waals surface area contributed by atoms with Crippen molar-refractivity contribution < 1.29 is 28.5 Å². The van der Waals surface area contributed by atoms with Gasteiger partial charge in [0.15, 0.2) is 0 Å². The van der Waals surface area contributed by atoms with Crippen LogP contribution in [0.5, 0.6) is 11.5 Å². The van der Waals surface area contributed by atoms with E-state index in [1.165, 1.54) is 0 Å². The lowest BCUT2D eigenvalue weighted by molar-refractivity contribution is -0.164. The second kappa shape index (κ2) is 15.4. The third kappa shape index (κ3) is 7.81. The Labute approximate surface area is 295 Å². The maximum Gasteiger partial charge on any atom is 0.311 e. The Morgan fingerprint density at radius 1 is 0.680 bits per heavy atom. The van der Waals surface area contributed by atoms with Crippen LogP contribution in [-0.4, -0.2) is 52.3 Å². The Hall–Kier alpha value is -4.82. The first-order valence-electron chi connectivity index (χ1n) is 17.5. The fraction of sp³-hybridized carbons (Fsp3) is 0.381. The zero-order valence-electron chi connectivity index (χ0n) is 29.6. The molecule has 0 atom stereocenters. The molecule has 4 aromatic carbocycles. The van der Waals surface area contributed by atoms with Gasteiger partial charge in [-0.25, -0.2) is 0 Å². The van der Waals surface area contributed by atoms with Crippen molar-refractivity contribution in [1.82, 2.24) is 5.32 Å². The zero-order chi connectivity index (χ0) is 35.1. The van der Waals surface area contributed by atoms with Gasteiger partial charge in [-0.05, 0) is 67.4 Å². The van der Waals surface area contributed by atoms with Crippen molar-refractivity contribution in [2.24, 2.45) is 0 Å². The number of carbonyl (C=O) groups is 2. The highest BCUT2D eigenvalue weighted by Crippen LogP contribution is 2.40. The SMILES string of the molecule is COc1ccc(CC(=O)OC2(c3ccc(N4CCC(OC(=O)Cc5cc(C)ccc5C)(c5ccccc5)CC4)cc3)CCNCC2)c(OC)c1. The summed E-state index contributed by atoms with van der Waals surface area (Å²) in [4.78, 5) is 29.2. The average molecular weight is 677 g/mol. The van der Waals surface area contributed by atoms with E-state index in [1.807, 2.05) is 44.2 Å². The Kier molecular flexibility index (Phi) is 10.8. The van der Waals surface area contributed by atoms with Crippen LogP contribution in [0, 0.1) is 13.8 Å². The fourth-order valence-corrected chi connectivity index (χ4v) is 7.38. The summed E-state index contributed by atoms with van der Waals surface area (Å²) in [5, 5.41) is 3.41. The van der Waals surface area contributed by atoms with Crippen molar-refractivity contribution in [3.8, 4) is 11.5 Å². The number of carbonyl (C=O) groups excluding carboxylic acids is 2. The third-order valence-electron chi connectivity index (χ3n) is 10.3. The second-order valence-electron chi connectivity index (χ2n) is 13.5. The van der Waals surface area contributed by atoms with E-state index in [4.69, 9.17) is 18.9 Å². The molecule has 2 saturated heterocycles. The van der Waals surface area contributed by atoms with E-state index in [2.05, 4.69) is 64.8 Å². The number of nitrogens with one attached hydrogen (secondary N) is 1. The van der Waals surface area contributed by atoms with Crippen molar-refractivity contribution in [3.63, 3.8) is 0 Å². The Balaban J connectivity index is 1.15. The Morgan fingerprint density at radius 3 is 1.94 bits per heavy atom. The molecule has 50 heavy (non-hydrogen) atoms. The predicted molar refractivity (Wildman–Crippen MR) is 195 cm³/mol. The number of esters is 2. The number of hydrogen-bond donors (Lipinski definition) is 1. The molecule has 0 aromatic heterocycles. The van der Waals surface area contributed by atoms with Gasteiger partial charge in [0, 0.05) is 56.1 Å². The van der Waals surface area contributed by atoms with Crippen molar-refractivity contribution in [2.75, 3.05) is 45.3 Å². The van der Waals surface area contributed by atoms with Crippen molar-refractivity contribution in [1.29, 1.82) is 0 Å². The molecular weight excluding hydrogens is 628 g/mol. The number of aryl methyl sites for hydroxylation is 2. The highest BCUT2D eigenvalue weighted by Gasteiger charge is 2.41. The molecule has 0 spiro atoms. The number of ether oxygens (including phenoxy) is 4. The van der Waals surface area contributed by atoms with Crippen LogP contribution >= 0.6 is 0 Å². The van der Waals surface area contributed by atoms with Crippen LogP contribution in [0.25, 0.3) is 0 Å². The van der Waals surface area contributed by atoms with E-state index in [0.29, 0.717) is 37.2 Å². The van der Waals surface area contributed by atoms with Gasteiger partial charge in [-0.3, -0.25) is 9.59 Å². The molecule has 0 aliphatic carbocycles. The van der Waals surface area contributed by atoms with Crippen molar-refractivity contribution in [3.05, 3.63) is 124 Å². The summed E-state index contributed by atoms with van der Waals surface area (Å²) >= 11 is 0. The van der Waals surface area contributed by atoms with E-state index in [9.17, 15) is 9.59 Å². The van der Waals surface area contributed by atoms with E-state index in [1.54, 1.807) is 20.3 Å². The highest BCUT2D eigenvalue weighted by atomic mass is 16.6. The second-order valence-corrected chi connectivity index (χ2v) is 13.5. The van der Waals surface area contributed by atoms with Gasteiger partial charge in [-0.15, -0.1) is 0 Å². The summed E-state index contributed by atoms with van der Waals surface area (Å²) in [6.45, 7) is 7.07. The molecule has 262 valence electrons. The molecule has 6 rings (SSSR count). The van der Waals surface area contributed by atoms with Crippen LogP contribution < -0.4 is 19.7 Å². The molecule has 0 bridgehead atoms. The van der Waals surface area contributed by atoms with Gasteiger partial charge < -0.3 is 29.2 Å². The van der Waals surface area contributed by atoms with Gasteiger partial charge in [0.1, 0.15) is 22.7 Å². The summed E-state index contributed by atoms with van der Waals surface area (Å²) < 4.78 is 23.6. The summed E-state index contributed by atoms with van der Waals surface area (Å²) in [7, 11) is 3.19. The molecule has 0 amide bonds. The fourth-order valence-electron chi connectivity index (χ4n) is 7.38. The smallest absolute Gasteiger partial charge is 0.311 e. The van der Waals surface area contributed by atoms with Crippen LogP contribution in [0.3, 0.4) is 0 Å². The lowest BCUT2D eigenvalue weighted by Gasteiger charge is -2.42. The van der Waals surface area contributed by atoms with E-state index in [0.717, 1.165) is 65.2 Å². The minimum Gasteiger partial charge on any atom is -0.497 e. The number of hydrogen-bond acceptors (Lipinski definition) is 8. The highest BCUT2D eigenvalue weighted by molar-refractivity contribution is 5.75. The van der Waals surface area contributed by atoms with Crippen molar-refractivity contribution in [2.45, 2.75) is 63.6 Å². The van der Waals surface area contributed by atoms with Gasteiger partial charge in [0.05, 0.1) is 27.1 Å². The van der Waals surface area contributed by atoms with Gasteiger partial charge in [-0.1, -0.05) is 72.3 Å². The largest absolute Gasteiger partial charge is 0.497 e. The van der Waals surface area contributed by atoms with Crippen molar-refractivity contribution >= 4 is 17.6 Å². The molecule has 2 heterocycles. The predicted octanol–water partition coefficient (Wildman–Crippen LogP) is 6.97. The first kappa shape index (κ1) is 35.0. The summed E-state index contributed by atoms with van der Waals surface area (Å²) in [6, 6.07) is 30.3. The summed E-state index contributed by atoms with van der Waals surface area (Å²) in [6.07, 6.45) is 3.09. The van der Waals surface area contributed by atoms with Gasteiger partial charge in [0.2, 0.25) is 0 Å². The van der Waals surface area contributed by atoms with E-state index >= 15 is 0 Å². The molecule has 8 heteroatoms. The summed E-state index contributed by atoms with van der Waals surface area (Å²) in [5.41, 5.74) is 5.71. The molecule has 0 saturated carbocycles. The number of nitrogens with zero attached hydrogens (tertiary/aromatic N) is 1. The minimum atomic E-state index is -0.714. The first-order valence-corrected chi connectivity index (χ1v) is 17.5. The third-order valence-corrected chi connectivity index (χ3v) is 10.3. The van der Waals surface area contributed by atoms with E-state index in [-0.39, 0.29) is 24.8 Å². The molecule has 2 fully saturated rings. The topological polar surface area (TPSA) is 86.3 Å². The maximum absolute atomic E-state index is 13.4. The Bertz CT molecular complexity index is 1770. The lowest BCUT2D eigenvalue weighted by Crippen LogP contribution is -2.45. The van der Waals surface area contributed by atoms with Crippen LogP contribution in [0.1, 0.15) is 59.1 Å². The molecule has 8 nitrogen and oxygen atoms in total. The number of methoxy groups -OCH3 is 2. The molecule has 0 radical (unpaired) electrons. The standard InChI is InChI=1S/C42H48N2O6/c1-30-10-11-31(2)33(26-30)28-40(46)50-42(34-8-6-5-7-9-34)20-24-44(25-21-42)36-15-13-35(14-16-36)41(18-22-43-23-19-41)49-39(45)27-32-12-17-37(47-3)29-38(32)48-4/h5-17,26,29,43H,18-25,27-28H2,1-4H3. The maximum atomic E-state index is 13.4. The minimum absolute atomic E-state index is 0.104. The first-order chi connectivity index (χ1) is 24.2. The molecule has 2 aliphatic rings. The zero-order valence-corrected chi connectivity index (χ0v) is 29.6. The molecular formula is C42H48N2O6. The van der Waals surface area contributed by atoms with Gasteiger partial charge >= 0.3 is 11.9 Å². The molecule has 1 N–H and O–H groups in total. The van der Waals surface area contributed by atoms with Gasteiger partial charge in [-0.2, -0.15) is 0 Å². The summed E-state index contributed by atoms with van der Waals surface area (Å²) in [5.74, 6) is 0.772. The number of piperidine rings is 2. The number of anilines is 1. The monoisotopic (exact) mass is 676 g/mol. The van der Waals surface area contributed by atoms with Crippen LogP contribution in [0.4, 0.5) is 5.69 Å². The Morgan fingerprint density at radius 2 is 1.30 bits per heavy atom. The molecule has 2 aliphatic heterocycles. The molecule has 4 aromatic rings.